The summed E-state index contributed by atoms with van der Waals surface area (Å²) in [5.74, 6) is -2.36. The SMILES string of the molecule is CCCCN1CC=C[C@]23O[C@@]4(CC)/C=C\CCCOC(=O)[C@H]4[C@H]2C(=O)N(CCCCCO)C3C1=O. The molecule has 0 radical (unpaired) electrons. The predicted octanol–water partition coefficient (Wildman–Crippen LogP) is 2.60. The summed E-state index contributed by atoms with van der Waals surface area (Å²) >= 11 is 0. The molecule has 1 N–H and O–H groups in total. The number of aliphatic hydroxyl groups excluding tert-OH is 1. The summed E-state index contributed by atoms with van der Waals surface area (Å²) < 4.78 is 12.5. The number of hydrogen-bond donors (Lipinski definition) is 1. The molecule has 8 nitrogen and oxygen atoms in total. The summed E-state index contributed by atoms with van der Waals surface area (Å²) in [4.78, 5) is 45.0. The fourth-order valence-corrected chi connectivity index (χ4v) is 6.28. The van der Waals surface area contributed by atoms with Crippen molar-refractivity contribution in [2.45, 2.75) is 82.5 Å². The highest BCUT2D eigenvalue weighted by Crippen LogP contribution is 2.58. The van der Waals surface area contributed by atoms with Gasteiger partial charge in [-0.3, -0.25) is 14.4 Å². The van der Waals surface area contributed by atoms with Crippen molar-refractivity contribution in [2.24, 2.45) is 11.8 Å². The summed E-state index contributed by atoms with van der Waals surface area (Å²) in [7, 11) is 0. The fraction of sp³-hybridized carbons (Fsp3) is 0.741. The molecular weight excluding hydrogens is 448 g/mol. The Morgan fingerprint density at radius 3 is 2.57 bits per heavy atom. The topological polar surface area (TPSA) is 96.4 Å². The van der Waals surface area contributed by atoms with Gasteiger partial charge >= 0.3 is 5.97 Å². The molecule has 4 aliphatic heterocycles. The van der Waals surface area contributed by atoms with Gasteiger partial charge in [-0.1, -0.05) is 44.6 Å². The molecular formula is C27H40N2O6. The van der Waals surface area contributed by atoms with Gasteiger partial charge in [0.15, 0.2) is 0 Å². The van der Waals surface area contributed by atoms with Crippen molar-refractivity contribution in [1.82, 2.24) is 9.80 Å². The van der Waals surface area contributed by atoms with Gasteiger partial charge in [0.25, 0.3) is 0 Å². The smallest absolute Gasteiger partial charge is 0.313 e. The second-order valence-electron chi connectivity index (χ2n) is 10.2. The van der Waals surface area contributed by atoms with Gasteiger partial charge in [0, 0.05) is 26.2 Å². The van der Waals surface area contributed by atoms with Gasteiger partial charge in [-0.25, -0.2) is 0 Å². The number of aliphatic hydroxyl groups is 1. The Hall–Kier alpha value is -2.19. The van der Waals surface area contributed by atoms with Gasteiger partial charge in [-0.05, 0) is 44.9 Å². The van der Waals surface area contributed by atoms with Crippen LogP contribution in [0.15, 0.2) is 24.3 Å². The lowest BCUT2D eigenvalue weighted by Gasteiger charge is -2.38. The standard InChI is InChI=1S/C27H40N2O6/c1-3-5-15-28-16-12-14-27-20(23(31)29(22(27)24(28)32)17-9-7-10-18-30)21-25(33)34-19-11-6-8-13-26(21,4-2)35-27/h8,12-14,20-22,30H,3-7,9-11,15-19H2,1-2H3/b13-8-/t20-,21+,22?,26-,27-/m0/s1. The van der Waals surface area contributed by atoms with Crippen LogP contribution >= 0.6 is 0 Å². The van der Waals surface area contributed by atoms with E-state index in [9.17, 15) is 19.5 Å². The zero-order valence-electron chi connectivity index (χ0n) is 21.1. The maximum Gasteiger partial charge on any atom is 0.313 e. The molecule has 1 spiro atoms. The Morgan fingerprint density at radius 2 is 1.83 bits per heavy atom. The number of esters is 1. The van der Waals surface area contributed by atoms with Crippen molar-refractivity contribution in [3.05, 3.63) is 24.3 Å². The second kappa shape index (κ2) is 10.8. The van der Waals surface area contributed by atoms with E-state index in [0.29, 0.717) is 45.5 Å². The minimum Gasteiger partial charge on any atom is -0.465 e. The number of cyclic esters (lactones) is 1. The molecule has 4 aliphatic rings. The first-order valence-electron chi connectivity index (χ1n) is 13.4. The van der Waals surface area contributed by atoms with E-state index in [4.69, 9.17) is 9.47 Å². The van der Waals surface area contributed by atoms with Crippen molar-refractivity contribution < 1.29 is 29.0 Å². The van der Waals surface area contributed by atoms with Crippen LogP contribution in [0, 0.1) is 11.8 Å². The third-order valence-corrected chi connectivity index (χ3v) is 8.06. The van der Waals surface area contributed by atoms with Crippen molar-refractivity contribution in [2.75, 3.05) is 32.8 Å². The van der Waals surface area contributed by atoms with Crippen molar-refractivity contribution in [3.8, 4) is 0 Å². The highest BCUT2D eigenvalue weighted by atomic mass is 16.6. The van der Waals surface area contributed by atoms with Crippen LogP contribution in [-0.4, -0.2) is 82.8 Å². The first kappa shape index (κ1) is 25.9. The van der Waals surface area contributed by atoms with E-state index < -0.39 is 35.0 Å². The van der Waals surface area contributed by atoms with E-state index in [1.807, 2.05) is 36.1 Å². The first-order chi connectivity index (χ1) is 17.0. The summed E-state index contributed by atoms with van der Waals surface area (Å²) in [5.41, 5.74) is -2.21. The van der Waals surface area contributed by atoms with Crippen LogP contribution in [-0.2, 0) is 23.9 Å². The van der Waals surface area contributed by atoms with Gasteiger partial charge in [0.1, 0.15) is 23.2 Å². The second-order valence-corrected chi connectivity index (χ2v) is 10.2. The molecule has 2 fully saturated rings. The monoisotopic (exact) mass is 488 g/mol. The Balaban J connectivity index is 1.79. The molecule has 35 heavy (non-hydrogen) atoms. The Labute approximate surface area is 208 Å². The highest BCUT2D eigenvalue weighted by molar-refractivity contribution is 5.99. The third kappa shape index (κ3) is 4.44. The lowest BCUT2D eigenvalue weighted by atomic mass is 9.73. The Bertz CT molecular complexity index is 872. The molecule has 0 aromatic rings. The molecule has 0 aliphatic carbocycles. The number of likely N-dealkylation sites (tertiary alicyclic amines) is 1. The normalized spacial score (nSPS) is 35.5. The van der Waals surface area contributed by atoms with Crippen molar-refractivity contribution >= 4 is 17.8 Å². The molecule has 1 unspecified atom stereocenters. The van der Waals surface area contributed by atoms with E-state index in [-0.39, 0.29) is 18.4 Å². The van der Waals surface area contributed by atoms with E-state index in [0.717, 1.165) is 32.1 Å². The predicted molar refractivity (Wildman–Crippen MR) is 130 cm³/mol. The fourth-order valence-electron chi connectivity index (χ4n) is 6.28. The molecule has 0 saturated carbocycles. The summed E-state index contributed by atoms with van der Waals surface area (Å²) in [6, 6.07) is -0.815. The van der Waals surface area contributed by atoms with E-state index >= 15 is 0 Å². The zero-order valence-corrected chi connectivity index (χ0v) is 21.1. The lowest BCUT2D eigenvalue weighted by Crippen LogP contribution is -2.56. The number of rotatable bonds is 9. The summed E-state index contributed by atoms with van der Waals surface area (Å²) in [6.45, 7) is 5.92. The maximum atomic E-state index is 14.1. The largest absolute Gasteiger partial charge is 0.465 e. The molecule has 2 amide bonds. The summed E-state index contributed by atoms with van der Waals surface area (Å²) in [6.07, 6.45) is 13.7. The number of amides is 2. The first-order valence-corrected chi connectivity index (χ1v) is 13.4. The van der Waals surface area contributed by atoms with Crippen molar-refractivity contribution in [1.29, 1.82) is 0 Å². The van der Waals surface area contributed by atoms with E-state index in [1.165, 1.54) is 0 Å². The number of allylic oxidation sites excluding steroid dienone is 1. The molecule has 4 heterocycles. The number of unbranched alkanes of at least 4 members (excludes halogenated alkanes) is 3. The quantitative estimate of drug-likeness (QED) is 0.305. The van der Waals surface area contributed by atoms with Crippen LogP contribution in [0.3, 0.4) is 0 Å². The van der Waals surface area contributed by atoms with Gasteiger partial charge in [0.2, 0.25) is 11.8 Å². The molecule has 2 saturated heterocycles. The van der Waals surface area contributed by atoms with E-state index in [1.54, 1.807) is 4.90 Å². The van der Waals surface area contributed by atoms with Crippen LogP contribution in [0.25, 0.3) is 0 Å². The molecule has 0 aromatic heterocycles. The number of carbonyl (C=O) groups excluding carboxylic acids is 3. The molecule has 0 aromatic carbocycles. The van der Waals surface area contributed by atoms with Gasteiger partial charge < -0.3 is 24.4 Å². The minimum absolute atomic E-state index is 0.0960. The molecule has 194 valence electrons. The molecule has 4 rings (SSSR count). The highest BCUT2D eigenvalue weighted by Gasteiger charge is 2.75. The van der Waals surface area contributed by atoms with Crippen LogP contribution in [0.2, 0.25) is 0 Å². The number of ether oxygens (including phenoxy) is 2. The van der Waals surface area contributed by atoms with Gasteiger partial charge in [0.05, 0.1) is 12.5 Å². The molecule has 5 atom stereocenters. The average molecular weight is 489 g/mol. The van der Waals surface area contributed by atoms with Crippen LogP contribution in [0.4, 0.5) is 0 Å². The number of carbonyl (C=O) groups is 3. The number of fused-ring (bicyclic) bond motifs is 2. The lowest BCUT2D eigenvalue weighted by molar-refractivity contribution is -0.161. The average Bonchev–Trinajstić information content (AvgIpc) is 3.23. The van der Waals surface area contributed by atoms with E-state index in [2.05, 4.69) is 6.92 Å². The number of hydrogen-bond acceptors (Lipinski definition) is 6. The van der Waals surface area contributed by atoms with Crippen molar-refractivity contribution in [3.63, 3.8) is 0 Å². The minimum atomic E-state index is -1.21. The van der Waals surface area contributed by atoms with Crippen LogP contribution < -0.4 is 0 Å². The zero-order chi connectivity index (χ0) is 25.1. The van der Waals surface area contributed by atoms with Crippen LogP contribution in [0.1, 0.15) is 65.2 Å². The maximum absolute atomic E-state index is 14.1. The summed E-state index contributed by atoms with van der Waals surface area (Å²) in [5, 5.41) is 9.18. The van der Waals surface area contributed by atoms with Crippen LogP contribution in [0.5, 0.6) is 0 Å². The van der Waals surface area contributed by atoms with Gasteiger partial charge in [-0.15, -0.1) is 0 Å². The number of nitrogens with zero attached hydrogens (tertiary/aromatic N) is 2. The molecule has 8 heteroatoms. The Kier molecular flexibility index (Phi) is 8.01. The Morgan fingerprint density at radius 1 is 1.00 bits per heavy atom. The molecule has 0 bridgehead atoms. The third-order valence-electron chi connectivity index (χ3n) is 8.06. The van der Waals surface area contributed by atoms with Gasteiger partial charge in [-0.2, -0.15) is 0 Å².